The van der Waals surface area contributed by atoms with E-state index in [1.54, 1.807) is 0 Å². The van der Waals surface area contributed by atoms with Crippen molar-refractivity contribution in [1.29, 1.82) is 0 Å². The van der Waals surface area contributed by atoms with Crippen LogP contribution in [0.3, 0.4) is 0 Å². The number of carboxylic acids is 1. The van der Waals surface area contributed by atoms with Crippen LogP contribution in [0.15, 0.2) is 0 Å². The van der Waals surface area contributed by atoms with Crippen LogP contribution in [0.25, 0.3) is 0 Å². The number of hydrogen-bond acceptors (Lipinski definition) is 3. The Bertz CT molecular complexity index is 389. The van der Waals surface area contributed by atoms with E-state index >= 15 is 0 Å². The van der Waals surface area contributed by atoms with Gasteiger partial charge in [0, 0.05) is 35.4 Å². The van der Waals surface area contributed by atoms with Crippen LogP contribution < -0.4 is 5.32 Å². The summed E-state index contributed by atoms with van der Waals surface area (Å²) in [6.07, 6.45) is 2.40. The fourth-order valence-corrected chi connectivity index (χ4v) is 3.31. The molecule has 1 heterocycles. The third-order valence-corrected chi connectivity index (χ3v) is 5.03. The highest BCUT2D eigenvalue weighted by Crippen LogP contribution is 2.33. The van der Waals surface area contributed by atoms with Crippen molar-refractivity contribution in [2.45, 2.75) is 45.1 Å². The number of nitrogens with zero attached hydrogens (tertiary/aromatic N) is 1. The van der Waals surface area contributed by atoms with Gasteiger partial charge in [0.05, 0.1) is 0 Å². The van der Waals surface area contributed by atoms with E-state index < -0.39 is 22.3 Å². The van der Waals surface area contributed by atoms with Gasteiger partial charge in [-0.05, 0) is 19.3 Å². The molecule has 2 N–H and O–H groups in total. The second-order valence-electron chi connectivity index (χ2n) is 5.01. The minimum absolute atomic E-state index is 0.317. The summed E-state index contributed by atoms with van der Waals surface area (Å²) in [5.41, 5.74) is -1.07. The normalized spacial score (nSPS) is 23.6. The van der Waals surface area contributed by atoms with Gasteiger partial charge < -0.3 is 15.3 Å². The van der Waals surface area contributed by atoms with Gasteiger partial charge in [-0.15, -0.1) is 0 Å². The summed E-state index contributed by atoms with van der Waals surface area (Å²) >= 11 is 0. The number of rotatable bonds is 7. The summed E-state index contributed by atoms with van der Waals surface area (Å²) in [7, 11) is -0.926. The molecule has 0 aromatic carbocycles. The van der Waals surface area contributed by atoms with Gasteiger partial charge in [-0.2, -0.15) is 0 Å². The fraction of sp³-hybridized carbons (Fsp3) is 0.846. The number of likely N-dealkylation sites (tertiary alicyclic amines) is 1. The Kier molecular flexibility index (Phi) is 6.45. The van der Waals surface area contributed by atoms with E-state index in [2.05, 4.69) is 5.32 Å². The average Bonchev–Trinajstić information content (AvgIpc) is 2.84. The highest BCUT2D eigenvalue weighted by Gasteiger charge is 2.49. The quantitative estimate of drug-likeness (QED) is 0.739. The second-order valence-corrected chi connectivity index (χ2v) is 6.87. The maximum atomic E-state index is 12.2. The predicted octanol–water partition coefficient (Wildman–Crippen LogP) is 1.18. The molecule has 0 bridgehead atoms. The molecule has 0 aromatic heterocycles. The van der Waals surface area contributed by atoms with E-state index in [9.17, 15) is 18.9 Å². The topological polar surface area (TPSA) is 86.7 Å². The maximum Gasteiger partial charge on any atom is 0.329 e. The number of carbonyl (C=O) groups excluding carboxylic acids is 1. The van der Waals surface area contributed by atoms with Crippen molar-refractivity contribution in [2.75, 3.05) is 24.6 Å². The zero-order valence-electron chi connectivity index (χ0n) is 12.2. The van der Waals surface area contributed by atoms with Crippen molar-refractivity contribution >= 4 is 22.8 Å². The SMILES string of the molecule is CCCC1(C(=O)O)CCCN1C(=O)NCCS(=O)CC. The molecule has 2 atom stereocenters. The first-order valence-electron chi connectivity index (χ1n) is 7.11. The van der Waals surface area contributed by atoms with Gasteiger partial charge in [-0.25, -0.2) is 9.59 Å². The third kappa shape index (κ3) is 3.71. The minimum Gasteiger partial charge on any atom is -0.479 e. The molecule has 0 aliphatic carbocycles. The molecular weight excluding hydrogens is 280 g/mol. The van der Waals surface area contributed by atoms with Gasteiger partial charge in [0.25, 0.3) is 0 Å². The summed E-state index contributed by atoms with van der Waals surface area (Å²) in [6, 6.07) is -0.355. The number of hydrogen-bond donors (Lipinski definition) is 2. The molecule has 20 heavy (non-hydrogen) atoms. The lowest BCUT2D eigenvalue weighted by Gasteiger charge is -2.34. The largest absolute Gasteiger partial charge is 0.479 e. The zero-order chi connectivity index (χ0) is 15.2. The average molecular weight is 304 g/mol. The van der Waals surface area contributed by atoms with E-state index in [0.717, 1.165) is 6.42 Å². The first-order chi connectivity index (χ1) is 9.47. The Morgan fingerprint density at radius 2 is 2.10 bits per heavy atom. The third-order valence-electron chi connectivity index (χ3n) is 3.72. The standard InChI is InChI=1S/C13H24N2O4S/c1-3-6-13(11(16)17)7-5-9-15(13)12(18)14-8-10-20(19)4-2/h3-10H2,1-2H3,(H,14,18)(H,16,17). The summed E-state index contributed by atoms with van der Waals surface area (Å²) in [4.78, 5) is 25.2. The Labute approximate surface area is 122 Å². The van der Waals surface area contributed by atoms with Crippen LogP contribution in [0.5, 0.6) is 0 Å². The van der Waals surface area contributed by atoms with Crippen molar-refractivity contribution in [3.8, 4) is 0 Å². The zero-order valence-corrected chi connectivity index (χ0v) is 13.0. The molecule has 1 aliphatic rings. The Morgan fingerprint density at radius 3 is 2.65 bits per heavy atom. The first-order valence-corrected chi connectivity index (χ1v) is 8.60. The molecule has 6 nitrogen and oxygen atoms in total. The van der Waals surface area contributed by atoms with E-state index in [4.69, 9.17) is 0 Å². The molecule has 0 spiro atoms. The number of carboxylic acid groups (broad SMARTS) is 1. The Morgan fingerprint density at radius 1 is 1.40 bits per heavy atom. The number of nitrogens with one attached hydrogen (secondary N) is 1. The van der Waals surface area contributed by atoms with Gasteiger partial charge in [0.2, 0.25) is 0 Å². The Balaban J connectivity index is 2.65. The molecule has 1 aliphatic heterocycles. The number of urea groups is 1. The predicted molar refractivity (Wildman–Crippen MR) is 78.2 cm³/mol. The van der Waals surface area contributed by atoms with Gasteiger partial charge in [0.1, 0.15) is 5.54 Å². The monoisotopic (exact) mass is 304 g/mol. The van der Waals surface area contributed by atoms with Crippen LogP contribution in [0, 0.1) is 0 Å². The summed E-state index contributed by atoms with van der Waals surface area (Å²) in [5, 5.41) is 12.2. The molecule has 0 aromatic rings. The molecular formula is C13H24N2O4S. The van der Waals surface area contributed by atoms with Crippen molar-refractivity contribution in [1.82, 2.24) is 10.2 Å². The van der Waals surface area contributed by atoms with E-state index in [1.807, 2.05) is 13.8 Å². The molecule has 7 heteroatoms. The summed E-state index contributed by atoms with van der Waals surface area (Å²) in [6.45, 7) is 4.53. The molecule has 1 rings (SSSR count). The molecule has 2 unspecified atom stereocenters. The van der Waals surface area contributed by atoms with Crippen LogP contribution in [0.2, 0.25) is 0 Å². The van der Waals surface area contributed by atoms with Crippen molar-refractivity contribution < 1.29 is 18.9 Å². The van der Waals surface area contributed by atoms with E-state index in [1.165, 1.54) is 4.90 Å². The van der Waals surface area contributed by atoms with Crippen LogP contribution in [-0.4, -0.2) is 56.3 Å². The molecule has 1 saturated heterocycles. The number of amides is 2. The molecule has 0 radical (unpaired) electrons. The van der Waals surface area contributed by atoms with Crippen molar-refractivity contribution in [3.63, 3.8) is 0 Å². The van der Waals surface area contributed by atoms with Gasteiger partial charge >= 0.3 is 12.0 Å². The van der Waals surface area contributed by atoms with Crippen LogP contribution in [0.1, 0.15) is 39.5 Å². The molecule has 2 amide bonds. The summed E-state index contributed by atoms with van der Waals surface area (Å²) in [5.74, 6) is 0.0439. The molecule has 1 fully saturated rings. The van der Waals surface area contributed by atoms with Crippen molar-refractivity contribution in [2.24, 2.45) is 0 Å². The van der Waals surface area contributed by atoms with E-state index in [-0.39, 0.29) is 6.03 Å². The highest BCUT2D eigenvalue weighted by atomic mass is 32.2. The second kappa shape index (κ2) is 7.61. The lowest BCUT2D eigenvalue weighted by molar-refractivity contribution is -0.148. The van der Waals surface area contributed by atoms with Crippen LogP contribution in [0.4, 0.5) is 4.79 Å². The number of aliphatic carboxylic acids is 1. The number of carbonyl (C=O) groups is 2. The van der Waals surface area contributed by atoms with Crippen LogP contribution in [-0.2, 0) is 15.6 Å². The van der Waals surface area contributed by atoms with E-state index in [0.29, 0.717) is 43.9 Å². The molecule has 116 valence electrons. The minimum atomic E-state index is -1.07. The van der Waals surface area contributed by atoms with Gasteiger partial charge in [-0.3, -0.25) is 4.21 Å². The fourth-order valence-electron chi connectivity index (χ4n) is 2.69. The smallest absolute Gasteiger partial charge is 0.329 e. The van der Waals surface area contributed by atoms with Gasteiger partial charge in [0.15, 0.2) is 0 Å². The first kappa shape index (κ1) is 16.9. The van der Waals surface area contributed by atoms with Crippen molar-refractivity contribution in [3.05, 3.63) is 0 Å². The maximum absolute atomic E-state index is 12.2. The lowest BCUT2D eigenvalue weighted by atomic mass is 9.91. The molecule has 0 saturated carbocycles. The van der Waals surface area contributed by atoms with Gasteiger partial charge in [-0.1, -0.05) is 20.3 Å². The Hall–Kier alpha value is -1.11. The van der Waals surface area contributed by atoms with Crippen LogP contribution >= 0.6 is 0 Å². The lowest BCUT2D eigenvalue weighted by Crippen LogP contribution is -2.56. The summed E-state index contributed by atoms with van der Waals surface area (Å²) < 4.78 is 11.3. The highest BCUT2D eigenvalue weighted by molar-refractivity contribution is 7.84.